The number of carbonyl (C=O) groups excluding carboxylic acids is 1. The Bertz CT molecular complexity index is 478. The van der Waals surface area contributed by atoms with Crippen molar-refractivity contribution in [3.05, 3.63) is 28.8 Å². The molecule has 0 saturated carbocycles. The van der Waals surface area contributed by atoms with Crippen molar-refractivity contribution in [2.24, 2.45) is 5.73 Å². The lowest BCUT2D eigenvalue weighted by molar-refractivity contribution is -0.120. The summed E-state index contributed by atoms with van der Waals surface area (Å²) in [4.78, 5) is 13.6. The Morgan fingerprint density at radius 3 is 2.94 bits per heavy atom. The van der Waals surface area contributed by atoms with Crippen molar-refractivity contribution in [3.8, 4) is 0 Å². The maximum Gasteiger partial charge on any atom is 0.239 e. The lowest BCUT2D eigenvalue weighted by Gasteiger charge is -2.30. The number of nitrogens with two attached hydrogens (primary N) is 1. The van der Waals surface area contributed by atoms with E-state index >= 15 is 0 Å². The molecule has 6 heteroatoms. The predicted octanol–water partition coefficient (Wildman–Crippen LogP) is 0.910. The fourth-order valence-corrected chi connectivity index (χ4v) is 2.16. The highest BCUT2D eigenvalue weighted by Gasteiger charge is 2.19. The van der Waals surface area contributed by atoms with E-state index in [1.54, 1.807) is 18.2 Å². The zero-order valence-electron chi connectivity index (χ0n) is 9.07. The molecule has 3 N–H and O–H groups in total. The lowest BCUT2D eigenvalue weighted by Crippen LogP contribution is -2.48. The molecule has 17 heavy (non-hydrogen) atoms. The van der Waals surface area contributed by atoms with Crippen LogP contribution in [0.15, 0.2) is 18.2 Å². The summed E-state index contributed by atoms with van der Waals surface area (Å²) in [5, 5.41) is 3.37. The molecule has 0 atom stereocenters. The first-order chi connectivity index (χ1) is 8.08. The van der Waals surface area contributed by atoms with Gasteiger partial charge in [0, 0.05) is 29.4 Å². The Morgan fingerprint density at radius 2 is 2.29 bits per heavy atom. The minimum atomic E-state index is -0.00915. The number of anilines is 1. The van der Waals surface area contributed by atoms with Crippen molar-refractivity contribution in [3.63, 3.8) is 0 Å². The van der Waals surface area contributed by atoms with Gasteiger partial charge in [0.2, 0.25) is 5.91 Å². The summed E-state index contributed by atoms with van der Waals surface area (Å²) in [6, 6.07) is 5.31. The molecule has 1 aromatic carbocycles. The topological polar surface area (TPSA) is 58.4 Å². The fourth-order valence-electron chi connectivity index (χ4n) is 1.82. The van der Waals surface area contributed by atoms with Crippen LogP contribution >= 0.6 is 23.8 Å². The number of nitrogens with one attached hydrogen (secondary N) is 1. The van der Waals surface area contributed by atoms with Crippen molar-refractivity contribution < 1.29 is 4.79 Å². The molecule has 0 spiro atoms. The highest BCUT2D eigenvalue weighted by atomic mass is 35.5. The minimum absolute atomic E-state index is 0.00915. The van der Waals surface area contributed by atoms with Crippen LogP contribution in [0.25, 0.3) is 0 Å². The van der Waals surface area contributed by atoms with Crippen LogP contribution in [0.3, 0.4) is 0 Å². The second kappa shape index (κ2) is 4.89. The Balaban J connectivity index is 2.38. The first kappa shape index (κ1) is 12.1. The summed E-state index contributed by atoms with van der Waals surface area (Å²) in [5.41, 5.74) is 7.24. The zero-order valence-corrected chi connectivity index (χ0v) is 10.6. The van der Waals surface area contributed by atoms with Crippen molar-refractivity contribution in [2.75, 3.05) is 24.5 Å². The molecule has 0 unspecified atom stereocenters. The van der Waals surface area contributed by atoms with Gasteiger partial charge in [0.05, 0.1) is 6.54 Å². The molecular weight excluding hydrogens is 258 g/mol. The molecule has 1 saturated heterocycles. The molecule has 1 heterocycles. The Hall–Kier alpha value is -1.33. The van der Waals surface area contributed by atoms with Gasteiger partial charge in [-0.2, -0.15) is 0 Å². The van der Waals surface area contributed by atoms with Crippen molar-refractivity contribution in [1.29, 1.82) is 0 Å². The maximum atomic E-state index is 11.4. The molecule has 0 aromatic heterocycles. The number of carbonyl (C=O) groups is 1. The molecule has 1 aliphatic rings. The van der Waals surface area contributed by atoms with E-state index in [0.717, 1.165) is 17.8 Å². The van der Waals surface area contributed by atoms with E-state index in [-0.39, 0.29) is 5.91 Å². The second-order valence-electron chi connectivity index (χ2n) is 3.80. The molecule has 1 fully saturated rings. The predicted molar refractivity (Wildman–Crippen MR) is 72.6 cm³/mol. The number of amides is 1. The molecule has 1 amide bonds. The van der Waals surface area contributed by atoms with Crippen molar-refractivity contribution >= 4 is 40.4 Å². The summed E-state index contributed by atoms with van der Waals surface area (Å²) >= 11 is 11.0. The Morgan fingerprint density at radius 1 is 1.53 bits per heavy atom. The minimum Gasteiger partial charge on any atom is -0.389 e. The zero-order chi connectivity index (χ0) is 12.4. The summed E-state index contributed by atoms with van der Waals surface area (Å²) in [6.07, 6.45) is 0. The number of hydrogen-bond acceptors (Lipinski definition) is 3. The normalized spacial score (nSPS) is 15.6. The van der Waals surface area contributed by atoms with Gasteiger partial charge < -0.3 is 16.0 Å². The number of halogens is 1. The van der Waals surface area contributed by atoms with E-state index in [9.17, 15) is 4.79 Å². The molecule has 0 bridgehead atoms. The smallest absolute Gasteiger partial charge is 0.239 e. The fraction of sp³-hybridized carbons (Fsp3) is 0.273. The standard InChI is InChI=1S/C11H12ClN3OS/c12-7-1-2-8(11(13)17)9(5-7)15-4-3-14-10(16)6-15/h1-2,5H,3-4,6H2,(H2,13,17)(H,14,16). The first-order valence-corrected chi connectivity index (χ1v) is 5.97. The molecular formula is C11H12ClN3OS. The van der Waals surface area contributed by atoms with Crippen molar-refractivity contribution in [1.82, 2.24) is 5.32 Å². The van der Waals surface area contributed by atoms with E-state index in [1.807, 2.05) is 4.90 Å². The average molecular weight is 270 g/mol. The third kappa shape index (κ3) is 2.68. The van der Waals surface area contributed by atoms with Gasteiger partial charge in [-0.15, -0.1) is 0 Å². The number of nitrogens with zero attached hydrogens (tertiary/aromatic N) is 1. The van der Waals surface area contributed by atoms with Crippen LogP contribution in [-0.4, -0.2) is 30.5 Å². The highest BCUT2D eigenvalue weighted by Crippen LogP contribution is 2.25. The second-order valence-corrected chi connectivity index (χ2v) is 4.67. The number of thiocarbonyl (C=S) groups is 1. The third-order valence-electron chi connectivity index (χ3n) is 2.60. The van der Waals surface area contributed by atoms with Crippen LogP contribution in [0.2, 0.25) is 5.02 Å². The summed E-state index contributed by atoms with van der Waals surface area (Å²) in [7, 11) is 0. The van der Waals surface area contributed by atoms with Crippen molar-refractivity contribution in [2.45, 2.75) is 0 Å². The quantitative estimate of drug-likeness (QED) is 0.784. The summed E-state index contributed by atoms with van der Waals surface area (Å²) in [6.45, 7) is 1.64. The number of piperazine rings is 1. The van der Waals surface area contributed by atoms with Crippen LogP contribution in [0.4, 0.5) is 5.69 Å². The van der Waals surface area contributed by atoms with E-state index in [0.29, 0.717) is 23.1 Å². The SMILES string of the molecule is NC(=S)c1ccc(Cl)cc1N1CCNC(=O)C1. The van der Waals surface area contributed by atoms with Gasteiger partial charge in [0.15, 0.2) is 0 Å². The monoisotopic (exact) mass is 269 g/mol. The van der Waals surface area contributed by atoms with Gasteiger partial charge in [0.25, 0.3) is 0 Å². The van der Waals surface area contributed by atoms with Crippen LogP contribution in [0.5, 0.6) is 0 Å². The van der Waals surface area contributed by atoms with Crippen LogP contribution in [0.1, 0.15) is 5.56 Å². The summed E-state index contributed by atoms with van der Waals surface area (Å²) in [5.74, 6) is -0.00915. The van der Waals surface area contributed by atoms with E-state index in [2.05, 4.69) is 5.32 Å². The summed E-state index contributed by atoms with van der Waals surface area (Å²) < 4.78 is 0. The average Bonchev–Trinajstić information content (AvgIpc) is 2.28. The Kier molecular flexibility index (Phi) is 3.49. The van der Waals surface area contributed by atoms with Gasteiger partial charge in [-0.1, -0.05) is 23.8 Å². The number of benzene rings is 1. The van der Waals surface area contributed by atoms with E-state index < -0.39 is 0 Å². The molecule has 1 aliphatic heterocycles. The van der Waals surface area contributed by atoms with Gasteiger partial charge in [-0.05, 0) is 18.2 Å². The maximum absolute atomic E-state index is 11.4. The van der Waals surface area contributed by atoms with Crippen LogP contribution in [-0.2, 0) is 4.79 Å². The van der Waals surface area contributed by atoms with Gasteiger partial charge in [-0.3, -0.25) is 4.79 Å². The highest BCUT2D eigenvalue weighted by molar-refractivity contribution is 7.80. The van der Waals surface area contributed by atoms with E-state index in [1.165, 1.54) is 0 Å². The molecule has 4 nitrogen and oxygen atoms in total. The molecule has 90 valence electrons. The van der Waals surface area contributed by atoms with Crippen LogP contribution < -0.4 is 16.0 Å². The molecule has 0 aliphatic carbocycles. The van der Waals surface area contributed by atoms with E-state index in [4.69, 9.17) is 29.6 Å². The number of hydrogen-bond donors (Lipinski definition) is 2. The lowest BCUT2D eigenvalue weighted by atomic mass is 10.1. The number of rotatable bonds is 2. The van der Waals surface area contributed by atoms with Gasteiger partial charge in [0.1, 0.15) is 4.99 Å². The van der Waals surface area contributed by atoms with Crippen LogP contribution in [0, 0.1) is 0 Å². The first-order valence-electron chi connectivity index (χ1n) is 5.19. The molecule has 2 rings (SSSR count). The van der Waals surface area contributed by atoms with Gasteiger partial charge >= 0.3 is 0 Å². The third-order valence-corrected chi connectivity index (χ3v) is 3.06. The Labute approximate surface area is 110 Å². The van der Waals surface area contributed by atoms with Gasteiger partial charge in [-0.25, -0.2) is 0 Å². The molecule has 1 aromatic rings. The molecule has 0 radical (unpaired) electrons. The largest absolute Gasteiger partial charge is 0.389 e.